The van der Waals surface area contributed by atoms with Crippen molar-refractivity contribution in [2.24, 2.45) is 0 Å². The smallest absolute Gasteiger partial charge is 0.238 e. The van der Waals surface area contributed by atoms with E-state index in [2.05, 4.69) is 12.2 Å². The van der Waals surface area contributed by atoms with Crippen LogP contribution in [-0.4, -0.2) is 18.5 Å². The number of nitrogens with one attached hydrogen (secondary N) is 2. The third-order valence-corrected chi connectivity index (χ3v) is 3.22. The fourth-order valence-electron chi connectivity index (χ4n) is 1.98. The van der Waals surface area contributed by atoms with E-state index in [1.54, 1.807) is 6.92 Å². The van der Waals surface area contributed by atoms with Crippen molar-refractivity contribution in [1.82, 2.24) is 11.1 Å². The van der Waals surface area contributed by atoms with E-state index in [1.165, 1.54) is 57.8 Å². The zero-order valence-corrected chi connectivity index (χ0v) is 12.3. The molecule has 0 aliphatic rings. The Bertz CT molecular complexity index is 193. The quantitative estimate of drug-likeness (QED) is 0.531. The normalized spacial score (nSPS) is 12.4. The van der Waals surface area contributed by atoms with Crippen molar-refractivity contribution in [2.75, 3.05) is 6.54 Å². The van der Waals surface area contributed by atoms with E-state index in [9.17, 15) is 4.79 Å². The summed E-state index contributed by atoms with van der Waals surface area (Å²) in [5.41, 5.74) is 7.21. The van der Waals surface area contributed by atoms with Crippen LogP contribution in [0.4, 0.5) is 0 Å². The summed E-state index contributed by atoms with van der Waals surface area (Å²) in [6.45, 7) is 4.59. The molecule has 1 atom stereocenters. The first kappa shape index (κ1) is 17.4. The number of amides is 1. The summed E-state index contributed by atoms with van der Waals surface area (Å²) in [6, 6.07) is -0.631. The molecule has 0 aromatic heterocycles. The summed E-state index contributed by atoms with van der Waals surface area (Å²) in [5.74, 6) is -0.147. The van der Waals surface area contributed by atoms with E-state index < -0.39 is 6.04 Å². The minimum Gasteiger partial charge on any atom is -0.355 e. The second kappa shape index (κ2) is 12.9. The van der Waals surface area contributed by atoms with Crippen LogP contribution in [0.3, 0.4) is 0 Å². The Labute approximate surface area is 113 Å². The van der Waals surface area contributed by atoms with Crippen molar-refractivity contribution >= 4 is 5.91 Å². The van der Waals surface area contributed by atoms with Crippen LogP contribution in [0.15, 0.2) is 0 Å². The van der Waals surface area contributed by atoms with E-state index in [4.69, 9.17) is 5.73 Å². The second-order valence-electron chi connectivity index (χ2n) is 5.19. The molecule has 0 bridgehead atoms. The van der Waals surface area contributed by atoms with Crippen LogP contribution in [0.5, 0.6) is 0 Å². The largest absolute Gasteiger partial charge is 0.355 e. The average molecular weight is 255 g/mol. The molecule has 0 saturated heterocycles. The summed E-state index contributed by atoms with van der Waals surface area (Å²) in [4.78, 5) is 11.1. The molecule has 3 heteroatoms. The summed E-state index contributed by atoms with van der Waals surface area (Å²) in [5, 5.41) is 2.78. The zero-order valence-electron chi connectivity index (χ0n) is 12.3. The number of carbonyl (C=O) groups excluding carboxylic acids is 1. The molecule has 0 fully saturated rings. The Morgan fingerprint density at radius 2 is 1.39 bits per heavy atom. The van der Waals surface area contributed by atoms with Gasteiger partial charge in [-0.05, 0) is 13.3 Å². The van der Waals surface area contributed by atoms with Crippen molar-refractivity contribution in [3.05, 3.63) is 0 Å². The average Bonchev–Trinajstić information content (AvgIpc) is 2.35. The highest BCUT2D eigenvalue weighted by molar-refractivity contribution is 5.80. The molecule has 0 heterocycles. The van der Waals surface area contributed by atoms with Gasteiger partial charge in [-0.25, -0.2) is 5.73 Å². The maximum atomic E-state index is 11.1. The number of carbonyl (C=O) groups is 1. The molecule has 0 aromatic carbocycles. The predicted molar refractivity (Wildman–Crippen MR) is 77.4 cm³/mol. The van der Waals surface area contributed by atoms with E-state index in [-0.39, 0.29) is 5.91 Å². The Morgan fingerprint density at radius 1 is 0.944 bits per heavy atom. The van der Waals surface area contributed by atoms with Crippen molar-refractivity contribution in [2.45, 2.75) is 84.1 Å². The Morgan fingerprint density at radius 3 is 1.83 bits per heavy atom. The lowest BCUT2D eigenvalue weighted by Crippen LogP contribution is -2.34. The first-order chi connectivity index (χ1) is 8.68. The molecule has 0 spiro atoms. The van der Waals surface area contributed by atoms with Crippen LogP contribution < -0.4 is 11.1 Å². The molecule has 3 nitrogen and oxygen atoms in total. The van der Waals surface area contributed by atoms with Gasteiger partial charge in [0.1, 0.15) is 0 Å². The van der Waals surface area contributed by atoms with Gasteiger partial charge in [0, 0.05) is 6.54 Å². The van der Waals surface area contributed by atoms with E-state index in [1.807, 2.05) is 0 Å². The van der Waals surface area contributed by atoms with Crippen LogP contribution in [0.2, 0.25) is 0 Å². The fraction of sp³-hybridized carbons (Fsp3) is 0.933. The van der Waals surface area contributed by atoms with Crippen LogP contribution in [-0.2, 0) is 4.79 Å². The predicted octanol–water partition coefficient (Wildman–Crippen LogP) is 3.69. The van der Waals surface area contributed by atoms with Crippen LogP contribution in [0.1, 0.15) is 78.1 Å². The second-order valence-corrected chi connectivity index (χ2v) is 5.19. The van der Waals surface area contributed by atoms with E-state index in [0.29, 0.717) is 0 Å². The van der Waals surface area contributed by atoms with Gasteiger partial charge >= 0.3 is 0 Å². The molecular formula is C15H31N2O. The zero-order chi connectivity index (χ0) is 13.6. The van der Waals surface area contributed by atoms with Gasteiger partial charge in [-0.2, -0.15) is 0 Å². The topological polar surface area (TPSA) is 52.9 Å². The standard InChI is InChI=1S/C15H31N2O/c1-3-4-5-6-7-8-9-10-11-12-13-17-15(18)14(2)16/h14,16H,3-13H2,1-2H3,(H,17,18). The van der Waals surface area contributed by atoms with Gasteiger partial charge < -0.3 is 5.32 Å². The molecule has 107 valence electrons. The molecular weight excluding hydrogens is 224 g/mol. The number of rotatable bonds is 12. The number of hydrogen-bond acceptors (Lipinski definition) is 1. The van der Waals surface area contributed by atoms with Crippen molar-refractivity contribution < 1.29 is 4.79 Å². The third-order valence-electron chi connectivity index (χ3n) is 3.22. The molecule has 2 N–H and O–H groups in total. The summed E-state index contributed by atoms with van der Waals surface area (Å²) >= 11 is 0. The number of hydrogen-bond donors (Lipinski definition) is 1. The van der Waals surface area contributed by atoms with Gasteiger partial charge in [-0.15, -0.1) is 0 Å². The van der Waals surface area contributed by atoms with Gasteiger partial charge in [-0.1, -0.05) is 64.7 Å². The highest BCUT2D eigenvalue weighted by atomic mass is 16.2. The third kappa shape index (κ3) is 11.9. The van der Waals surface area contributed by atoms with Crippen molar-refractivity contribution in [3.8, 4) is 0 Å². The maximum Gasteiger partial charge on any atom is 0.238 e. The molecule has 1 radical (unpaired) electrons. The molecule has 0 rings (SSSR count). The van der Waals surface area contributed by atoms with Crippen molar-refractivity contribution in [1.29, 1.82) is 0 Å². The molecule has 0 aliphatic carbocycles. The Kier molecular flexibility index (Phi) is 12.5. The van der Waals surface area contributed by atoms with Gasteiger partial charge in [0.05, 0.1) is 6.04 Å². The Hall–Kier alpha value is -0.570. The Balaban J connectivity index is 3.05. The van der Waals surface area contributed by atoms with Crippen LogP contribution in [0.25, 0.3) is 0 Å². The molecule has 1 amide bonds. The van der Waals surface area contributed by atoms with E-state index >= 15 is 0 Å². The fourth-order valence-corrected chi connectivity index (χ4v) is 1.98. The molecule has 0 aromatic rings. The maximum absolute atomic E-state index is 11.1. The molecule has 0 aliphatic heterocycles. The highest BCUT2D eigenvalue weighted by Gasteiger charge is 2.05. The molecule has 18 heavy (non-hydrogen) atoms. The summed E-state index contributed by atoms with van der Waals surface area (Å²) in [6.07, 6.45) is 13.1. The minimum atomic E-state index is -0.631. The SMILES string of the molecule is CCCCCCCCCCCCNC(=O)C(C)[NH]. The minimum absolute atomic E-state index is 0.147. The van der Waals surface area contributed by atoms with E-state index in [0.717, 1.165) is 13.0 Å². The summed E-state index contributed by atoms with van der Waals surface area (Å²) in [7, 11) is 0. The monoisotopic (exact) mass is 255 g/mol. The first-order valence-corrected chi connectivity index (χ1v) is 7.67. The molecule has 1 unspecified atom stereocenters. The molecule has 0 saturated carbocycles. The first-order valence-electron chi connectivity index (χ1n) is 7.67. The lowest BCUT2D eigenvalue weighted by molar-refractivity contribution is -0.122. The highest BCUT2D eigenvalue weighted by Crippen LogP contribution is 2.10. The van der Waals surface area contributed by atoms with Crippen molar-refractivity contribution in [3.63, 3.8) is 0 Å². The lowest BCUT2D eigenvalue weighted by Gasteiger charge is -2.06. The van der Waals surface area contributed by atoms with Crippen LogP contribution in [0, 0.1) is 0 Å². The lowest BCUT2D eigenvalue weighted by atomic mass is 10.1. The van der Waals surface area contributed by atoms with Gasteiger partial charge in [-0.3, -0.25) is 4.79 Å². The van der Waals surface area contributed by atoms with Gasteiger partial charge in [0.15, 0.2) is 0 Å². The van der Waals surface area contributed by atoms with Gasteiger partial charge in [0.2, 0.25) is 5.91 Å². The van der Waals surface area contributed by atoms with Crippen LogP contribution >= 0.6 is 0 Å². The van der Waals surface area contributed by atoms with Gasteiger partial charge in [0.25, 0.3) is 0 Å². The summed E-state index contributed by atoms with van der Waals surface area (Å²) < 4.78 is 0. The number of unbranched alkanes of at least 4 members (excludes halogenated alkanes) is 9.